The summed E-state index contributed by atoms with van der Waals surface area (Å²) in [5.41, 5.74) is 0.232. The highest BCUT2D eigenvalue weighted by atomic mass is 32.2. The molecule has 0 aliphatic carbocycles. The van der Waals surface area contributed by atoms with Crippen LogP contribution in [0.3, 0.4) is 0 Å². The molecule has 0 radical (unpaired) electrons. The first-order valence-electron chi connectivity index (χ1n) is 14.2. The number of nitrogens with zero attached hydrogens (tertiary/aromatic N) is 2. The molecule has 2 aliphatic rings. The Kier molecular flexibility index (Phi) is 8.68. The molecule has 44 heavy (non-hydrogen) atoms. The zero-order valence-corrected chi connectivity index (χ0v) is 27.1. The van der Waals surface area contributed by atoms with Gasteiger partial charge in [-0.3, -0.25) is 19.2 Å². The van der Waals surface area contributed by atoms with E-state index in [-0.39, 0.29) is 30.2 Å². The second-order valence-electron chi connectivity index (χ2n) is 12.6. The first-order chi connectivity index (χ1) is 20.7. The van der Waals surface area contributed by atoms with Crippen LogP contribution in [0.2, 0.25) is 0 Å². The number of carbonyl (C=O) groups excluding carboxylic acids is 4. The van der Waals surface area contributed by atoms with E-state index in [0.29, 0.717) is 14.0 Å². The van der Waals surface area contributed by atoms with Crippen molar-refractivity contribution in [2.45, 2.75) is 64.4 Å². The fourth-order valence-electron chi connectivity index (χ4n) is 4.27. The fraction of sp³-hybridized carbons (Fsp3) is 0.294. The van der Waals surface area contributed by atoms with Crippen LogP contribution in [0, 0.1) is 10.8 Å². The highest BCUT2D eigenvalue weighted by Crippen LogP contribution is 2.60. The first kappa shape index (κ1) is 31.4. The van der Waals surface area contributed by atoms with E-state index < -0.39 is 34.6 Å². The van der Waals surface area contributed by atoms with Crippen LogP contribution in [0.25, 0.3) is 0 Å². The Morgan fingerprint density at radius 1 is 0.614 bits per heavy atom. The van der Waals surface area contributed by atoms with Gasteiger partial charge in [-0.05, 0) is 64.8 Å². The van der Waals surface area contributed by atoms with Crippen molar-refractivity contribution in [2.75, 3.05) is 0 Å². The van der Waals surface area contributed by atoms with E-state index in [0.717, 1.165) is 34.7 Å². The van der Waals surface area contributed by atoms with E-state index in [1.165, 1.54) is 10.0 Å². The van der Waals surface area contributed by atoms with Crippen molar-refractivity contribution in [2.24, 2.45) is 10.8 Å². The van der Waals surface area contributed by atoms with E-state index in [4.69, 9.17) is 9.47 Å². The van der Waals surface area contributed by atoms with Gasteiger partial charge in [0.25, 0.3) is 11.8 Å². The number of thioether (sulfide) groups is 2. The number of benzene rings is 3. The first-order valence-corrected chi connectivity index (χ1v) is 15.8. The fourth-order valence-corrected chi connectivity index (χ4v) is 6.91. The summed E-state index contributed by atoms with van der Waals surface area (Å²) in [6.45, 7) is 10.9. The summed E-state index contributed by atoms with van der Waals surface area (Å²) in [6, 6.07) is 22.1. The molecule has 0 saturated carbocycles. The molecule has 3 aromatic rings. The number of hydrogen-bond donors (Lipinski definition) is 0. The van der Waals surface area contributed by atoms with Gasteiger partial charge in [-0.2, -0.15) is 0 Å². The van der Waals surface area contributed by atoms with Crippen molar-refractivity contribution in [1.82, 2.24) is 10.0 Å². The van der Waals surface area contributed by atoms with Gasteiger partial charge >= 0.3 is 11.9 Å². The van der Waals surface area contributed by atoms with E-state index in [9.17, 15) is 19.2 Å². The van der Waals surface area contributed by atoms with Crippen molar-refractivity contribution in [3.8, 4) is 11.5 Å². The molecule has 1 saturated heterocycles. The molecule has 5 rings (SSSR count). The molecule has 2 aliphatic heterocycles. The van der Waals surface area contributed by atoms with Crippen molar-refractivity contribution in [1.29, 1.82) is 0 Å². The van der Waals surface area contributed by atoms with Gasteiger partial charge in [0.1, 0.15) is 17.1 Å². The standard InChI is InChI=1S/C34H34N2O6S2/c1-33(2,3)31(39)41-23-17-18-24(42-32(40)34(4,5)6)27-26(23)43-30(44-27)25-28(37)35(19-21-13-9-7-10-14-21)36(29(25)38)20-22-15-11-8-12-16-22/h7-18H,19-20H2,1-6H3. The number of carbonyl (C=O) groups is 4. The molecule has 10 heteroatoms. The molecule has 0 unspecified atom stereocenters. The van der Waals surface area contributed by atoms with Crippen LogP contribution in [0.15, 0.2) is 92.4 Å². The van der Waals surface area contributed by atoms with Crippen LogP contribution in [-0.4, -0.2) is 33.8 Å². The number of ether oxygens (including phenoxy) is 2. The van der Waals surface area contributed by atoms with Gasteiger partial charge < -0.3 is 9.47 Å². The minimum absolute atomic E-state index is 0.0178. The van der Waals surface area contributed by atoms with E-state index in [2.05, 4.69) is 0 Å². The third kappa shape index (κ3) is 6.56. The van der Waals surface area contributed by atoms with Gasteiger partial charge in [0, 0.05) is 0 Å². The SMILES string of the molecule is CC(C)(C)C(=O)Oc1ccc(OC(=O)C(C)(C)C)c2c1SC(=C1C(=O)N(Cc3ccccc3)N(Cc3ccccc3)C1=O)S2. The molecule has 1 fully saturated rings. The van der Waals surface area contributed by atoms with Gasteiger partial charge in [-0.1, -0.05) is 84.2 Å². The minimum Gasteiger partial charge on any atom is -0.425 e. The average molecular weight is 631 g/mol. The maximum absolute atomic E-state index is 14.1. The van der Waals surface area contributed by atoms with Crippen LogP contribution < -0.4 is 9.47 Å². The Balaban J connectivity index is 1.56. The molecular weight excluding hydrogens is 597 g/mol. The molecule has 8 nitrogen and oxygen atoms in total. The molecule has 0 N–H and O–H groups in total. The van der Waals surface area contributed by atoms with E-state index >= 15 is 0 Å². The molecule has 2 heterocycles. The smallest absolute Gasteiger partial charge is 0.316 e. The lowest BCUT2D eigenvalue weighted by atomic mass is 9.97. The maximum atomic E-state index is 14.1. The predicted molar refractivity (Wildman–Crippen MR) is 169 cm³/mol. The second-order valence-corrected chi connectivity index (χ2v) is 14.9. The lowest BCUT2D eigenvalue weighted by Crippen LogP contribution is -2.39. The molecule has 0 atom stereocenters. The van der Waals surface area contributed by atoms with E-state index in [1.54, 1.807) is 53.7 Å². The monoisotopic (exact) mass is 630 g/mol. The Morgan fingerprint density at radius 3 is 1.32 bits per heavy atom. The zero-order valence-electron chi connectivity index (χ0n) is 25.5. The highest BCUT2D eigenvalue weighted by Gasteiger charge is 2.45. The van der Waals surface area contributed by atoms with E-state index in [1.807, 2.05) is 60.7 Å². The molecule has 0 aromatic heterocycles. The predicted octanol–water partition coefficient (Wildman–Crippen LogP) is 6.99. The molecule has 2 amide bonds. The average Bonchev–Trinajstić information content (AvgIpc) is 3.50. The van der Waals surface area contributed by atoms with Crippen molar-refractivity contribution in [3.05, 3.63) is 93.7 Å². The summed E-state index contributed by atoms with van der Waals surface area (Å²) in [7, 11) is 0. The Labute approximate surface area is 265 Å². The normalized spacial score (nSPS) is 15.1. The summed E-state index contributed by atoms with van der Waals surface area (Å²) in [5.74, 6) is -1.21. The second kappa shape index (κ2) is 12.2. The molecule has 3 aromatic carbocycles. The van der Waals surface area contributed by atoms with Crippen LogP contribution in [-0.2, 0) is 32.3 Å². The van der Waals surface area contributed by atoms with Gasteiger partial charge in [-0.25, -0.2) is 10.0 Å². The quantitative estimate of drug-likeness (QED) is 0.125. The Morgan fingerprint density at radius 2 is 0.977 bits per heavy atom. The van der Waals surface area contributed by atoms with Crippen LogP contribution >= 0.6 is 23.5 Å². The third-order valence-corrected chi connectivity index (χ3v) is 9.43. The van der Waals surface area contributed by atoms with Crippen LogP contribution in [0.1, 0.15) is 52.7 Å². The topological polar surface area (TPSA) is 93.2 Å². The lowest BCUT2D eigenvalue weighted by Gasteiger charge is -2.27. The number of fused-ring (bicyclic) bond motifs is 1. The maximum Gasteiger partial charge on any atom is 0.316 e. The minimum atomic E-state index is -0.769. The highest BCUT2D eigenvalue weighted by molar-refractivity contribution is 8.25. The van der Waals surface area contributed by atoms with Gasteiger partial charge in [0.05, 0.1) is 37.9 Å². The van der Waals surface area contributed by atoms with Gasteiger partial charge in [0.15, 0.2) is 0 Å². The third-order valence-electron chi connectivity index (χ3n) is 6.80. The number of rotatable bonds is 6. The van der Waals surface area contributed by atoms with Gasteiger partial charge in [0.2, 0.25) is 0 Å². The Bertz CT molecular complexity index is 1540. The summed E-state index contributed by atoms with van der Waals surface area (Å²) >= 11 is 2.33. The summed E-state index contributed by atoms with van der Waals surface area (Å²) in [5, 5.41) is 2.94. The van der Waals surface area contributed by atoms with Crippen molar-refractivity contribution >= 4 is 47.3 Å². The summed E-state index contributed by atoms with van der Waals surface area (Å²) in [6.07, 6.45) is 0. The summed E-state index contributed by atoms with van der Waals surface area (Å²) in [4.78, 5) is 54.8. The number of hydrazine groups is 1. The number of amides is 2. The zero-order chi connectivity index (χ0) is 31.8. The number of hydrogen-bond acceptors (Lipinski definition) is 8. The Hall–Kier alpha value is -4.02. The molecule has 0 spiro atoms. The molecular formula is C34H34N2O6S2. The largest absolute Gasteiger partial charge is 0.425 e. The lowest BCUT2D eigenvalue weighted by molar-refractivity contribution is -0.149. The van der Waals surface area contributed by atoms with Crippen molar-refractivity contribution < 1.29 is 28.7 Å². The van der Waals surface area contributed by atoms with Crippen LogP contribution in [0.4, 0.5) is 0 Å². The van der Waals surface area contributed by atoms with Crippen molar-refractivity contribution in [3.63, 3.8) is 0 Å². The van der Waals surface area contributed by atoms with Crippen LogP contribution in [0.5, 0.6) is 11.5 Å². The summed E-state index contributed by atoms with van der Waals surface area (Å²) < 4.78 is 12.0. The molecule has 228 valence electrons. The number of esters is 2. The molecule has 0 bridgehead atoms. The van der Waals surface area contributed by atoms with Gasteiger partial charge in [-0.15, -0.1) is 0 Å².